The monoisotopic (exact) mass is 208 g/mol. The molecule has 1 aromatic rings. The molecule has 0 radical (unpaired) electrons. The normalized spacial score (nSPS) is 25.7. The average Bonchev–Trinajstić information content (AvgIpc) is 2.68. The van der Waals surface area contributed by atoms with E-state index >= 15 is 0 Å². The summed E-state index contributed by atoms with van der Waals surface area (Å²) in [5, 5.41) is 3.47. The Morgan fingerprint density at radius 3 is 2.93 bits per heavy atom. The Hall–Kier alpha value is -0.930. The highest BCUT2D eigenvalue weighted by atomic mass is 19.1. The first-order chi connectivity index (χ1) is 7.27. The van der Waals surface area contributed by atoms with Gasteiger partial charge in [0.1, 0.15) is 5.82 Å². The van der Waals surface area contributed by atoms with Gasteiger partial charge in [-0.25, -0.2) is 4.39 Å². The van der Waals surface area contributed by atoms with Gasteiger partial charge in [0, 0.05) is 5.54 Å². The molecule has 0 aliphatic carbocycles. The molecule has 0 spiro atoms. The van der Waals surface area contributed by atoms with Gasteiger partial charge in [-0.15, -0.1) is 0 Å². The lowest BCUT2D eigenvalue weighted by atomic mass is 9.85. The third-order valence-electron chi connectivity index (χ3n) is 3.19. The highest BCUT2D eigenvalue weighted by Gasteiger charge is 2.34. The second-order valence-corrected chi connectivity index (χ2v) is 4.16. The van der Waals surface area contributed by atoms with Crippen LogP contribution >= 0.6 is 0 Å². The fraction of sp³-hybridized carbons (Fsp3) is 0.500. The van der Waals surface area contributed by atoms with Crippen LogP contribution in [0.15, 0.2) is 24.3 Å². The minimum absolute atomic E-state index is 0.0865. The lowest BCUT2D eigenvalue weighted by molar-refractivity contribution is 0.363. The molecule has 1 aromatic carbocycles. The van der Waals surface area contributed by atoms with Crippen LogP contribution in [0.2, 0.25) is 0 Å². The summed E-state index contributed by atoms with van der Waals surface area (Å²) in [6, 6.07) is 6.85. The molecule has 2 nitrogen and oxygen atoms in total. The lowest BCUT2D eigenvalue weighted by Gasteiger charge is -2.29. The van der Waals surface area contributed by atoms with E-state index in [1.807, 2.05) is 6.07 Å². The molecule has 1 aliphatic rings. The summed E-state index contributed by atoms with van der Waals surface area (Å²) < 4.78 is 13.2. The standard InChI is InChI=1S/C12H17FN2/c13-11-4-1-3-10(9-11)12(6-7-14)5-2-8-15-12/h1,3-4,9,15H,2,5-8,14H2. The molecule has 1 heterocycles. The molecule has 3 heteroatoms. The number of nitrogens with one attached hydrogen (secondary N) is 1. The highest BCUT2D eigenvalue weighted by molar-refractivity contribution is 5.26. The van der Waals surface area contributed by atoms with Gasteiger partial charge in [-0.2, -0.15) is 0 Å². The van der Waals surface area contributed by atoms with E-state index in [9.17, 15) is 4.39 Å². The summed E-state index contributed by atoms with van der Waals surface area (Å²) in [5.41, 5.74) is 6.58. The zero-order valence-electron chi connectivity index (χ0n) is 8.80. The van der Waals surface area contributed by atoms with Crippen LogP contribution in [0.3, 0.4) is 0 Å². The van der Waals surface area contributed by atoms with Crippen molar-refractivity contribution in [3.8, 4) is 0 Å². The van der Waals surface area contributed by atoms with Crippen molar-refractivity contribution >= 4 is 0 Å². The molecule has 2 rings (SSSR count). The quantitative estimate of drug-likeness (QED) is 0.794. The molecule has 3 N–H and O–H groups in total. The minimum atomic E-state index is -0.169. The number of rotatable bonds is 3. The molecule has 15 heavy (non-hydrogen) atoms. The Morgan fingerprint density at radius 1 is 1.47 bits per heavy atom. The average molecular weight is 208 g/mol. The van der Waals surface area contributed by atoms with Gasteiger partial charge in [-0.05, 0) is 50.0 Å². The van der Waals surface area contributed by atoms with E-state index in [-0.39, 0.29) is 11.4 Å². The van der Waals surface area contributed by atoms with E-state index in [0.29, 0.717) is 6.54 Å². The second kappa shape index (κ2) is 4.29. The van der Waals surface area contributed by atoms with Gasteiger partial charge in [0.15, 0.2) is 0 Å². The second-order valence-electron chi connectivity index (χ2n) is 4.16. The minimum Gasteiger partial charge on any atom is -0.330 e. The van der Waals surface area contributed by atoms with Gasteiger partial charge in [0.05, 0.1) is 0 Å². The predicted molar refractivity (Wildman–Crippen MR) is 59.0 cm³/mol. The molecule has 0 saturated carbocycles. The molecule has 0 bridgehead atoms. The van der Waals surface area contributed by atoms with Crippen LogP contribution in [0.1, 0.15) is 24.8 Å². The molecule has 0 aromatic heterocycles. The Kier molecular flexibility index (Phi) is 3.03. The molecule has 1 unspecified atom stereocenters. The Labute approximate surface area is 89.7 Å². The van der Waals surface area contributed by atoms with E-state index in [2.05, 4.69) is 5.32 Å². The first-order valence-electron chi connectivity index (χ1n) is 5.48. The van der Waals surface area contributed by atoms with E-state index in [1.165, 1.54) is 6.07 Å². The van der Waals surface area contributed by atoms with Gasteiger partial charge < -0.3 is 11.1 Å². The maximum Gasteiger partial charge on any atom is 0.123 e. The zero-order chi connectivity index (χ0) is 10.7. The third kappa shape index (κ3) is 2.03. The van der Waals surface area contributed by atoms with Crippen molar-refractivity contribution in [2.45, 2.75) is 24.8 Å². The van der Waals surface area contributed by atoms with Crippen molar-refractivity contribution in [2.24, 2.45) is 5.73 Å². The molecule has 0 amide bonds. The summed E-state index contributed by atoms with van der Waals surface area (Å²) >= 11 is 0. The van der Waals surface area contributed by atoms with E-state index in [4.69, 9.17) is 5.73 Å². The fourth-order valence-corrected chi connectivity index (χ4v) is 2.44. The summed E-state index contributed by atoms with van der Waals surface area (Å²) in [4.78, 5) is 0. The fourth-order valence-electron chi connectivity index (χ4n) is 2.44. The van der Waals surface area contributed by atoms with Crippen molar-refractivity contribution < 1.29 is 4.39 Å². The first-order valence-corrected chi connectivity index (χ1v) is 5.48. The summed E-state index contributed by atoms with van der Waals surface area (Å²) in [7, 11) is 0. The smallest absolute Gasteiger partial charge is 0.123 e. The number of nitrogens with two attached hydrogens (primary N) is 1. The van der Waals surface area contributed by atoms with Crippen molar-refractivity contribution in [1.29, 1.82) is 0 Å². The Morgan fingerprint density at radius 2 is 2.33 bits per heavy atom. The van der Waals surface area contributed by atoms with Crippen LogP contribution in [-0.2, 0) is 5.54 Å². The molecular weight excluding hydrogens is 191 g/mol. The molecule has 1 saturated heterocycles. The summed E-state index contributed by atoms with van der Waals surface area (Å²) in [5.74, 6) is -0.169. The number of hydrogen-bond donors (Lipinski definition) is 2. The van der Waals surface area contributed by atoms with Crippen LogP contribution in [0.4, 0.5) is 4.39 Å². The predicted octanol–water partition coefficient (Wildman–Crippen LogP) is 1.75. The van der Waals surface area contributed by atoms with Gasteiger partial charge in [-0.3, -0.25) is 0 Å². The number of hydrogen-bond acceptors (Lipinski definition) is 2. The van der Waals surface area contributed by atoms with Crippen LogP contribution in [0.5, 0.6) is 0 Å². The maximum absolute atomic E-state index is 13.2. The SMILES string of the molecule is NCCC1(c2cccc(F)c2)CCCN1. The zero-order valence-corrected chi connectivity index (χ0v) is 8.80. The summed E-state index contributed by atoms with van der Waals surface area (Å²) in [6.07, 6.45) is 3.06. The molecule has 1 aliphatic heterocycles. The number of benzene rings is 1. The van der Waals surface area contributed by atoms with Crippen LogP contribution in [-0.4, -0.2) is 13.1 Å². The highest BCUT2D eigenvalue weighted by Crippen LogP contribution is 2.33. The van der Waals surface area contributed by atoms with E-state index < -0.39 is 0 Å². The van der Waals surface area contributed by atoms with Crippen molar-refractivity contribution in [1.82, 2.24) is 5.32 Å². The van der Waals surface area contributed by atoms with Gasteiger partial charge >= 0.3 is 0 Å². The Balaban J connectivity index is 2.31. The third-order valence-corrected chi connectivity index (χ3v) is 3.19. The molecule has 1 atom stereocenters. The molecule has 1 fully saturated rings. The lowest BCUT2D eigenvalue weighted by Crippen LogP contribution is -2.38. The van der Waals surface area contributed by atoms with Crippen molar-refractivity contribution in [3.05, 3.63) is 35.6 Å². The van der Waals surface area contributed by atoms with Crippen LogP contribution < -0.4 is 11.1 Å². The van der Waals surface area contributed by atoms with Crippen molar-refractivity contribution in [2.75, 3.05) is 13.1 Å². The molecule has 82 valence electrons. The summed E-state index contributed by atoms with van der Waals surface area (Å²) in [6.45, 7) is 1.63. The number of halogens is 1. The first kappa shape index (κ1) is 10.6. The van der Waals surface area contributed by atoms with E-state index in [1.54, 1.807) is 12.1 Å². The topological polar surface area (TPSA) is 38.0 Å². The largest absolute Gasteiger partial charge is 0.330 e. The van der Waals surface area contributed by atoms with Gasteiger partial charge in [0.25, 0.3) is 0 Å². The van der Waals surface area contributed by atoms with Gasteiger partial charge in [-0.1, -0.05) is 12.1 Å². The van der Waals surface area contributed by atoms with E-state index in [0.717, 1.165) is 31.4 Å². The van der Waals surface area contributed by atoms with Crippen LogP contribution in [0.25, 0.3) is 0 Å². The van der Waals surface area contributed by atoms with Crippen molar-refractivity contribution in [3.63, 3.8) is 0 Å². The maximum atomic E-state index is 13.2. The van der Waals surface area contributed by atoms with Crippen LogP contribution in [0, 0.1) is 5.82 Å². The Bertz CT molecular complexity index is 332. The molecular formula is C12H17FN2. The van der Waals surface area contributed by atoms with Gasteiger partial charge in [0.2, 0.25) is 0 Å².